The Morgan fingerprint density at radius 3 is 2.33 bits per heavy atom. The molecule has 0 aliphatic carbocycles. The lowest BCUT2D eigenvalue weighted by atomic mass is 9.88. The number of benzene rings is 2. The summed E-state index contributed by atoms with van der Waals surface area (Å²) in [6.45, 7) is -0.391. The van der Waals surface area contributed by atoms with Gasteiger partial charge in [-0.05, 0) is 28.1 Å². The Hall–Kier alpha value is -2.71. The number of nitrogens with one attached hydrogen (secondary N) is 1. The molecule has 1 aromatic heterocycles. The molecule has 2 aromatic carbocycles. The zero-order valence-electron chi connectivity index (χ0n) is 13.8. The van der Waals surface area contributed by atoms with Gasteiger partial charge in [0.1, 0.15) is 17.4 Å². The first-order chi connectivity index (χ1) is 13.1. The van der Waals surface area contributed by atoms with Crippen LogP contribution in [0.1, 0.15) is 17.0 Å². The smallest absolute Gasteiger partial charge is 0.318 e. The van der Waals surface area contributed by atoms with Gasteiger partial charge >= 0.3 is 5.97 Å². The normalized spacial score (nSPS) is 12.5. The van der Waals surface area contributed by atoms with Crippen LogP contribution in [0.5, 0.6) is 11.5 Å². The molecule has 0 radical (unpaired) electrons. The molecular formula is C19H13BrN2O4S. The minimum Gasteiger partial charge on any atom is -0.457 e. The van der Waals surface area contributed by atoms with E-state index in [1.54, 1.807) is 18.3 Å². The van der Waals surface area contributed by atoms with Crippen LogP contribution in [0.3, 0.4) is 0 Å². The third kappa shape index (κ3) is 3.72. The molecule has 0 spiro atoms. The number of amides is 1. The SMILES string of the molecule is O=C(COC(=O)C1c2ccccc2Oc2ccccc21)Nc1ncc(Br)s1. The molecule has 8 heteroatoms. The standard InChI is InChI=1S/C19H13BrN2O4S/c20-15-9-21-19(27-15)22-16(23)10-25-18(24)17-11-5-1-3-7-13(11)26-14-8-4-2-6-12(14)17/h1-9,17H,10H2,(H,21,22,23). The van der Waals surface area contributed by atoms with Crippen LogP contribution in [0.4, 0.5) is 5.13 Å². The Bertz CT molecular complexity index is 975. The number of para-hydroxylation sites is 2. The zero-order chi connectivity index (χ0) is 18.8. The topological polar surface area (TPSA) is 77.5 Å². The van der Waals surface area contributed by atoms with E-state index in [4.69, 9.17) is 9.47 Å². The van der Waals surface area contributed by atoms with Crippen molar-refractivity contribution in [1.29, 1.82) is 0 Å². The van der Waals surface area contributed by atoms with E-state index < -0.39 is 24.4 Å². The van der Waals surface area contributed by atoms with Crippen molar-refractivity contribution < 1.29 is 19.1 Å². The van der Waals surface area contributed by atoms with Crippen molar-refractivity contribution in [3.63, 3.8) is 0 Å². The number of thiazole rings is 1. The second kappa shape index (κ2) is 7.50. The number of hydrogen-bond acceptors (Lipinski definition) is 6. The van der Waals surface area contributed by atoms with E-state index in [0.29, 0.717) is 27.8 Å². The van der Waals surface area contributed by atoms with Gasteiger partial charge in [0.15, 0.2) is 11.7 Å². The average Bonchev–Trinajstić information content (AvgIpc) is 3.08. The minimum absolute atomic E-state index is 0.391. The summed E-state index contributed by atoms with van der Waals surface area (Å²) in [6.07, 6.45) is 1.59. The Morgan fingerprint density at radius 1 is 1.11 bits per heavy atom. The van der Waals surface area contributed by atoms with Crippen LogP contribution in [-0.4, -0.2) is 23.5 Å². The van der Waals surface area contributed by atoms with E-state index in [9.17, 15) is 9.59 Å². The number of rotatable bonds is 4. The monoisotopic (exact) mass is 444 g/mol. The molecule has 0 unspecified atom stereocenters. The second-order valence-corrected chi connectivity index (χ2v) is 8.15. The average molecular weight is 445 g/mol. The fourth-order valence-electron chi connectivity index (χ4n) is 2.85. The van der Waals surface area contributed by atoms with Crippen molar-refractivity contribution >= 4 is 44.3 Å². The number of anilines is 1. The highest BCUT2D eigenvalue weighted by molar-refractivity contribution is 9.11. The van der Waals surface area contributed by atoms with Gasteiger partial charge < -0.3 is 9.47 Å². The predicted molar refractivity (Wildman–Crippen MR) is 104 cm³/mol. The molecular weight excluding hydrogens is 432 g/mol. The summed E-state index contributed by atoms with van der Waals surface area (Å²) >= 11 is 4.55. The van der Waals surface area contributed by atoms with E-state index in [0.717, 1.165) is 3.79 Å². The fraction of sp³-hybridized carbons (Fsp3) is 0.105. The Morgan fingerprint density at radius 2 is 1.74 bits per heavy atom. The molecule has 1 amide bonds. The van der Waals surface area contributed by atoms with Crippen LogP contribution in [0.2, 0.25) is 0 Å². The van der Waals surface area contributed by atoms with E-state index in [1.807, 2.05) is 36.4 Å². The molecule has 0 atom stereocenters. The molecule has 0 fully saturated rings. The highest BCUT2D eigenvalue weighted by Crippen LogP contribution is 2.44. The fourth-order valence-corrected chi connectivity index (χ4v) is 3.97. The van der Waals surface area contributed by atoms with Crippen molar-refractivity contribution in [3.8, 4) is 11.5 Å². The lowest BCUT2D eigenvalue weighted by Gasteiger charge is -2.26. The summed E-state index contributed by atoms with van der Waals surface area (Å²) in [7, 11) is 0. The van der Waals surface area contributed by atoms with Crippen molar-refractivity contribution in [2.75, 3.05) is 11.9 Å². The van der Waals surface area contributed by atoms with Crippen LogP contribution in [0, 0.1) is 0 Å². The third-order valence-electron chi connectivity index (χ3n) is 3.99. The molecule has 1 aliphatic heterocycles. The molecule has 0 bridgehead atoms. The lowest BCUT2D eigenvalue weighted by molar-refractivity contribution is -0.148. The first-order valence-electron chi connectivity index (χ1n) is 8.05. The summed E-state index contributed by atoms with van der Waals surface area (Å²) < 4.78 is 12.0. The van der Waals surface area contributed by atoms with Crippen LogP contribution in [0.25, 0.3) is 0 Å². The Balaban J connectivity index is 1.51. The number of aromatic nitrogens is 1. The lowest BCUT2D eigenvalue weighted by Crippen LogP contribution is -2.26. The third-order valence-corrected chi connectivity index (χ3v) is 5.38. The van der Waals surface area contributed by atoms with Crippen molar-refractivity contribution in [3.05, 3.63) is 69.6 Å². The Kier molecular flexibility index (Phi) is 4.91. The van der Waals surface area contributed by atoms with Crippen LogP contribution >= 0.6 is 27.3 Å². The van der Waals surface area contributed by atoms with Crippen molar-refractivity contribution in [1.82, 2.24) is 4.98 Å². The summed E-state index contributed by atoms with van der Waals surface area (Å²) in [5, 5.41) is 3.03. The van der Waals surface area contributed by atoms with Gasteiger partial charge in [-0.25, -0.2) is 4.98 Å². The number of nitrogens with zero attached hydrogens (tertiary/aromatic N) is 1. The van der Waals surface area contributed by atoms with Gasteiger partial charge in [-0.1, -0.05) is 47.7 Å². The number of carbonyl (C=O) groups is 2. The summed E-state index contributed by atoms with van der Waals surface area (Å²) in [5.41, 5.74) is 1.43. The summed E-state index contributed by atoms with van der Waals surface area (Å²) in [5.74, 6) is -0.383. The Labute approximate surface area is 167 Å². The maximum atomic E-state index is 12.8. The summed E-state index contributed by atoms with van der Waals surface area (Å²) in [4.78, 5) is 28.9. The van der Waals surface area contributed by atoms with Crippen molar-refractivity contribution in [2.45, 2.75) is 5.92 Å². The van der Waals surface area contributed by atoms with Crippen LogP contribution < -0.4 is 10.1 Å². The van der Waals surface area contributed by atoms with Gasteiger partial charge in [0.2, 0.25) is 0 Å². The number of halogens is 1. The number of esters is 1. The van der Waals surface area contributed by atoms with Crippen LogP contribution in [-0.2, 0) is 14.3 Å². The van der Waals surface area contributed by atoms with E-state index in [2.05, 4.69) is 26.2 Å². The highest BCUT2D eigenvalue weighted by atomic mass is 79.9. The maximum absolute atomic E-state index is 12.8. The molecule has 27 heavy (non-hydrogen) atoms. The van der Waals surface area contributed by atoms with Crippen LogP contribution in [0.15, 0.2) is 58.5 Å². The number of carbonyl (C=O) groups excluding carboxylic acids is 2. The molecule has 136 valence electrons. The van der Waals surface area contributed by atoms with Crippen molar-refractivity contribution in [2.24, 2.45) is 0 Å². The molecule has 0 saturated carbocycles. The highest BCUT2D eigenvalue weighted by Gasteiger charge is 2.33. The van der Waals surface area contributed by atoms with E-state index >= 15 is 0 Å². The van der Waals surface area contributed by atoms with Gasteiger partial charge in [-0.15, -0.1) is 0 Å². The zero-order valence-corrected chi connectivity index (χ0v) is 16.2. The maximum Gasteiger partial charge on any atom is 0.318 e. The van der Waals surface area contributed by atoms with Gasteiger partial charge in [0.25, 0.3) is 5.91 Å². The molecule has 2 heterocycles. The molecule has 4 rings (SSSR count). The van der Waals surface area contributed by atoms with E-state index in [1.165, 1.54) is 11.3 Å². The molecule has 6 nitrogen and oxygen atoms in total. The first kappa shape index (κ1) is 17.7. The second-order valence-electron chi connectivity index (χ2n) is 5.74. The summed E-state index contributed by atoms with van der Waals surface area (Å²) in [6, 6.07) is 14.6. The molecule has 1 N–H and O–H groups in total. The molecule has 0 saturated heterocycles. The number of hydrogen-bond donors (Lipinski definition) is 1. The molecule has 1 aliphatic rings. The van der Waals surface area contributed by atoms with Gasteiger partial charge in [-0.3, -0.25) is 14.9 Å². The van der Waals surface area contributed by atoms with E-state index in [-0.39, 0.29) is 0 Å². The van der Waals surface area contributed by atoms with Gasteiger partial charge in [0, 0.05) is 11.1 Å². The first-order valence-corrected chi connectivity index (χ1v) is 9.66. The molecule has 3 aromatic rings. The quantitative estimate of drug-likeness (QED) is 0.606. The minimum atomic E-state index is -0.645. The van der Waals surface area contributed by atoms with Gasteiger partial charge in [0.05, 0.1) is 9.98 Å². The predicted octanol–water partition coefficient (Wildman–Crippen LogP) is 4.33. The number of fused-ring (bicyclic) bond motifs is 2. The van der Waals surface area contributed by atoms with Gasteiger partial charge in [-0.2, -0.15) is 0 Å². The number of ether oxygens (including phenoxy) is 2. The largest absolute Gasteiger partial charge is 0.457 e.